The van der Waals surface area contributed by atoms with E-state index in [-0.39, 0.29) is 16.3 Å². The van der Waals surface area contributed by atoms with Crippen LogP contribution in [0.1, 0.15) is 45.9 Å². The zero-order valence-electron chi connectivity index (χ0n) is 16.7. The molecule has 0 unspecified atom stereocenters. The van der Waals surface area contributed by atoms with Gasteiger partial charge in [0.2, 0.25) is 0 Å². The number of carbonyl (C=O) groups is 2. The quantitative estimate of drug-likeness (QED) is 0.688. The van der Waals surface area contributed by atoms with Crippen LogP contribution in [0, 0.1) is 6.92 Å². The van der Waals surface area contributed by atoms with Crippen molar-refractivity contribution in [1.82, 2.24) is 4.90 Å². The lowest BCUT2D eigenvalue weighted by Crippen LogP contribution is -2.47. The Kier molecular flexibility index (Phi) is 5.38. The van der Waals surface area contributed by atoms with E-state index in [2.05, 4.69) is 54.8 Å². The van der Waals surface area contributed by atoms with Crippen molar-refractivity contribution >= 4 is 40.4 Å². The number of piperazine rings is 1. The molecule has 28 heavy (non-hydrogen) atoms. The van der Waals surface area contributed by atoms with Crippen LogP contribution in [0.2, 0.25) is 0 Å². The monoisotopic (exact) mass is 414 g/mol. The number of ketones is 2. The summed E-state index contributed by atoms with van der Waals surface area (Å²) < 4.78 is 0.926. The van der Waals surface area contributed by atoms with Crippen molar-refractivity contribution in [1.29, 1.82) is 0 Å². The maximum Gasteiger partial charge on any atom is 0.186 e. The summed E-state index contributed by atoms with van der Waals surface area (Å²) in [6.45, 7) is 10.3. The number of nitrogens with zero attached hydrogens (tertiary/aromatic N) is 2. The third-order valence-electron chi connectivity index (χ3n) is 5.37. The highest BCUT2D eigenvalue weighted by Gasteiger charge is 2.34. The molecular weight excluding hydrogens is 388 g/mol. The predicted octanol–water partition coefficient (Wildman–Crippen LogP) is 4.52. The molecule has 4 rings (SSSR count). The molecule has 2 aromatic rings. The number of anilines is 1. The molecule has 148 valence electrons. The van der Waals surface area contributed by atoms with Crippen molar-refractivity contribution in [2.75, 3.05) is 37.6 Å². The fraction of sp³-hybridized carbons (Fsp3) is 0.455. The van der Waals surface area contributed by atoms with Crippen LogP contribution in [0.4, 0.5) is 5.69 Å². The van der Waals surface area contributed by atoms with E-state index < -0.39 is 0 Å². The van der Waals surface area contributed by atoms with Crippen LogP contribution < -0.4 is 4.90 Å². The summed E-state index contributed by atoms with van der Waals surface area (Å²) in [5, 5.41) is 0. The Morgan fingerprint density at radius 3 is 2.46 bits per heavy atom. The highest BCUT2D eigenvalue weighted by molar-refractivity contribution is 8.02. The number of rotatable bonds is 4. The van der Waals surface area contributed by atoms with Gasteiger partial charge >= 0.3 is 0 Å². The standard InChI is InChI=1S/C22H26N2O2S2/c1-15-4-6-16(7-5-15)24-10-8-23(9-11-24)14-19(26)20-12-17-18(25)13-22(2,3)28-21(17)27-20/h4-7,12H,8-11,13-14H2,1-3H3. The molecule has 1 aromatic carbocycles. The minimum atomic E-state index is -0.0818. The van der Waals surface area contributed by atoms with Gasteiger partial charge in [0.1, 0.15) is 0 Å². The summed E-state index contributed by atoms with van der Waals surface area (Å²) in [5.41, 5.74) is 3.27. The first-order valence-corrected chi connectivity index (χ1v) is 11.4. The van der Waals surface area contributed by atoms with Crippen LogP contribution in [-0.4, -0.2) is 53.9 Å². The first-order chi connectivity index (χ1) is 13.3. The number of thioether (sulfide) groups is 1. The number of Topliss-reactive ketones (excluding diaryl/α,β-unsaturated/α-hetero) is 2. The Labute approximate surface area is 174 Å². The highest BCUT2D eigenvalue weighted by atomic mass is 32.2. The lowest BCUT2D eigenvalue weighted by atomic mass is 10.0. The molecule has 0 bridgehead atoms. The Hall–Kier alpha value is -1.63. The lowest BCUT2D eigenvalue weighted by Gasteiger charge is -2.35. The zero-order valence-corrected chi connectivity index (χ0v) is 18.3. The summed E-state index contributed by atoms with van der Waals surface area (Å²) in [6.07, 6.45) is 0.538. The second-order valence-electron chi connectivity index (χ2n) is 8.30. The van der Waals surface area contributed by atoms with E-state index in [4.69, 9.17) is 0 Å². The zero-order chi connectivity index (χ0) is 19.9. The molecule has 6 heteroatoms. The SMILES string of the molecule is Cc1ccc(N2CCN(CC(=O)c3cc4c(s3)SC(C)(C)CC4=O)CC2)cc1. The molecule has 0 aliphatic carbocycles. The summed E-state index contributed by atoms with van der Waals surface area (Å²) >= 11 is 3.22. The number of thiophene rings is 1. The Balaban J connectivity index is 1.36. The van der Waals surface area contributed by atoms with Gasteiger partial charge in [-0.2, -0.15) is 0 Å². The van der Waals surface area contributed by atoms with Gasteiger partial charge in [0, 0.05) is 48.6 Å². The number of fused-ring (bicyclic) bond motifs is 1. The second-order valence-corrected chi connectivity index (χ2v) is 11.3. The summed E-state index contributed by atoms with van der Waals surface area (Å²) in [7, 11) is 0. The molecule has 0 amide bonds. The fourth-order valence-corrected chi connectivity index (χ4v) is 6.69. The molecule has 0 N–H and O–H groups in total. The molecule has 2 aliphatic heterocycles. The molecule has 2 aliphatic rings. The van der Waals surface area contributed by atoms with Gasteiger partial charge in [-0.3, -0.25) is 14.5 Å². The molecular formula is C22H26N2O2S2. The minimum Gasteiger partial charge on any atom is -0.369 e. The Bertz CT molecular complexity index is 894. The smallest absolute Gasteiger partial charge is 0.186 e. The van der Waals surface area contributed by atoms with Gasteiger partial charge in [0.25, 0.3) is 0 Å². The van der Waals surface area contributed by atoms with Gasteiger partial charge in [0.15, 0.2) is 11.6 Å². The van der Waals surface area contributed by atoms with Crippen molar-refractivity contribution in [3.8, 4) is 0 Å². The van der Waals surface area contributed by atoms with E-state index in [1.165, 1.54) is 22.6 Å². The average Bonchev–Trinajstić information content (AvgIpc) is 3.06. The predicted molar refractivity (Wildman–Crippen MR) is 117 cm³/mol. The summed E-state index contributed by atoms with van der Waals surface area (Å²) in [4.78, 5) is 30.5. The van der Waals surface area contributed by atoms with Crippen molar-refractivity contribution < 1.29 is 9.59 Å². The molecule has 1 fully saturated rings. The van der Waals surface area contributed by atoms with Crippen molar-refractivity contribution in [3.05, 3.63) is 46.3 Å². The van der Waals surface area contributed by atoms with Gasteiger partial charge < -0.3 is 4.90 Å². The van der Waals surface area contributed by atoms with E-state index in [0.29, 0.717) is 13.0 Å². The van der Waals surface area contributed by atoms with E-state index in [0.717, 1.165) is 40.8 Å². The van der Waals surface area contributed by atoms with E-state index in [9.17, 15) is 9.59 Å². The minimum absolute atomic E-state index is 0.0818. The number of carbonyl (C=O) groups excluding carboxylic acids is 2. The maximum absolute atomic E-state index is 12.8. The molecule has 1 aromatic heterocycles. The lowest BCUT2D eigenvalue weighted by molar-refractivity contribution is 0.0930. The van der Waals surface area contributed by atoms with Crippen molar-refractivity contribution in [3.63, 3.8) is 0 Å². The third-order valence-corrected chi connectivity index (χ3v) is 7.94. The van der Waals surface area contributed by atoms with Crippen LogP contribution in [0.25, 0.3) is 0 Å². The van der Waals surface area contributed by atoms with Gasteiger partial charge in [-0.15, -0.1) is 23.1 Å². The molecule has 4 nitrogen and oxygen atoms in total. The van der Waals surface area contributed by atoms with Crippen LogP contribution in [0.15, 0.2) is 34.5 Å². The summed E-state index contributed by atoms with van der Waals surface area (Å²) in [6, 6.07) is 10.5. The van der Waals surface area contributed by atoms with Gasteiger partial charge in [-0.05, 0) is 39.0 Å². The molecule has 0 radical (unpaired) electrons. The first-order valence-electron chi connectivity index (χ1n) is 9.74. The maximum atomic E-state index is 12.8. The highest BCUT2D eigenvalue weighted by Crippen LogP contribution is 2.46. The number of benzene rings is 1. The van der Waals surface area contributed by atoms with E-state index in [1.54, 1.807) is 11.8 Å². The van der Waals surface area contributed by atoms with Crippen molar-refractivity contribution in [2.24, 2.45) is 0 Å². The number of aryl methyl sites for hydroxylation is 1. The molecule has 1 saturated heterocycles. The van der Waals surface area contributed by atoms with Crippen LogP contribution >= 0.6 is 23.1 Å². The van der Waals surface area contributed by atoms with Crippen LogP contribution in [0.5, 0.6) is 0 Å². The Morgan fingerprint density at radius 2 is 1.79 bits per heavy atom. The summed E-state index contributed by atoms with van der Waals surface area (Å²) in [5.74, 6) is 0.301. The first kappa shape index (κ1) is 19.7. The molecule has 0 saturated carbocycles. The van der Waals surface area contributed by atoms with Crippen LogP contribution in [0.3, 0.4) is 0 Å². The molecule has 0 spiro atoms. The topological polar surface area (TPSA) is 40.6 Å². The Morgan fingerprint density at radius 1 is 1.11 bits per heavy atom. The fourth-order valence-electron chi connectivity index (χ4n) is 3.75. The van der Waals surface area contributed by atoms with Gasteiger partial charge in [-0.25, -0.2) is 0 Å². The molecule has 3 heterocycles. The normalized spacial score (nSPS) is 19.5. The second kappa shape index (κ2) is 7.65. The third kappa shape index (κ3) is 4.19. The molecule has 0 atom stereocenters. The number of hydrogen-bond donors (Lipinski definition) is 0. The number of hydrogen-bond acceptors (Lipinski definition) is 6. The van der Waals surface area contributed by atoms with Gasteiger partial charge in [-0.1, -0.05) is 17.7 Å². The average molecular weight is 415 g/mol. The largest absolute Gasteiger partial charge is 0.369 e. The van der Waals surface area contributed by atoms with E-state index in [1.807, 2.05) is 6.07 Å². The van der Waals surface area contributed by atoms with E-state index >= 15 is 0 Å². The van der Waals surface area contributed by atoms with Gasteiger partial charge in [0.05, 0.1) is 15.6 Å². The van der Waals surface area contributed by atoms with Crippen LogP contribution in [-0.2, 0) is 0 Å². The van der Waals surface area contributed by atoms with Crippen molar-refractivity contribution in [2.45, 2.75) is 36.1 Å².